The highest BCUT2D eigenvalue weighted by molar-refractivity contribution is 9.10. The number of hydrogen-bond acceptors (Lipinski definition) is 3. The van der Waals surface area contributed by atoms with Crippen LogP contribution >= 0.6 is 31.9 Å². The van der Waals surface area contributed by atoms with Crippen molar-refractivity contribution in [1.82, 2.24) is 4.98 Å². The van der Waals surface area contributed by atoms with E-state index in [0.29, 0.717) is 0 Å². The third kappa shape index (κ3) is 3.03. The van der Waals surface area contributed by atoms with E-state index in [9.17, 15) is 0 Å². The van der Waals surface area contributed by atoms with Crippen LogP contribution in [0.25, 0.3) is 0 Å². The highest BCUT2D eigenvalue weighted by Gasteiger charge is 2.04. The van der Waals surface area contributed by atoms with Crippen molar-refractivity contribution in [1.29, 1.82) is 0 Å². The van der Waals surface area contributed by atoms with Gasteiger partial charge in [0.15, 0.2) is 0 Å². The molecule has 0 amide bonds. The van der Waals surface area contributed by atoms with E-state index in [-0.39, 0.29) is 0 Å². The van der Waals surface area contributed by atoms with Crippen molar-refractivity contribution in [2.24, 2.45) is 0 Å². The zero-order valence-electron chi connectivity index (χ0n) is 10.00. The minimum Gasteiger partial charge on any atom is -0.497 e. The molecule has 0 saturated heterocycles. The van der Waals surface area contributed by atoms with Crippen LogP contribution in [0.2, 0.25) is 0 Å². The number of pyridine rings is 1. The minimum absolute atomic E-state index is 0.796. The summed E-state index contributed by atoms with van der Waals surface area (Å²) >= 11 is 6.93. The van der Waals surface area contributed by atoms with E-state index in [1.54, 1.807) is 7.11 Å². The summed E-state index contributed by atoms with van der Waals surface area (Å²) in [7, 11) is 1.65. The summed E-state index contributed by atoms with van der Waals surface area (Å²) in [6.07, 6.45) is 0. The maximum atomic E-state index is 5.20. The van der Waals surface area contributed by atoms with Gasteiger partial charge in [0.05, 0.1) is 18.5 Å². The average molecular weight is 372 g/mol. The van der Waals surface area contributed by atoms with E-state index >= 15 is 0 Å². The number of anilines is 2. The zero-order valence-corrected chi connectivity index (χ0v) is 13.2. The molecule has 0 unspecified atom stereocenters. The molecule has 0 radical (unpaired) electrons. The molecule has 1 heterocycles. The Morgan fingerprint density at radius 2 is 1.83 bits per heavy atom. The summed E-state index contributed by atoms with van der Waals surface area (Å²) in [5.74, 6) is 1.60. The van der Waals surface area contributed by atoms with E-state index in [1.165, 1.54) is 0 Å². The Balaban J connectivity index is 2.30. The van der Waals surface area contributed by atoms with Crippen LogP contribution in [-0.4, -0.2) is 12.1 Å². The normalized spacial score (nSPS) is 10.2. The largest absolute Gasteiger partial charge is 0.497 e. The van der Waals surface area contributed by atoms with Gasteiger partial charge in [-0.25, -0.2) is 4.98 Å². The number of halogens is 2. The molecular formula is C13H12Br2N2O. The first-order valence-corrected chi connectivity index (χ1v) is 6.92. The summed E-state index contributed by atoms with van der Waals surface area (Å²) in [5, 5.41) is 3.26. The van der Waals surface area contributed by atoms with Gasteiger partial charge in [0.1, 0.15) is 11.6 Å². The van der Waals surface area contributed by atoms with Crippen molar-refractivity contribution >= 4 is 43.4 Å². The fraction of sp³-hybridized carbons (Fsp3) is 0.154. The molecule has 0 fully saturated rings. The second-order valence-electron chi connectivity index (χ2n) is 3.73. The predicted molar refractivity (Wildman–Crippen MR) is 80.7 cm³/mol. The second kappa shape index (κ2) is 5.71. The van der Waals surface area contributed by atoms with E-state index in [0.717, 1.165) is 31.9 Å². The summed E-state index contributed by atoms with van der Waals surface area (Å²) in [6.45, 7) is 1.95. The monoisotopic (exact) mass is 370 g/mol. The number of nitrogens with one attached hydrogen (secondary N) is 1. The Hall–Kier alpha value is -1.07. The van der Waals surface area contributed by atoms with Crippen LogP contribution in [0.5, 0.6) is 5.75 Å². The van der Waals surface area contributed by atoms with Gasteiger partial charge in [0.2, 0.25) is 0 Å². The molecule has 0 aliphatic heterocycles. The molecule has 1 aromatic heterocycles. The molecule has 0 saturated carbocycles. The molecule has 3 nitrogen and oxygen atoms in total. The van der Waals surface area contributed by atoms with E-state index < -0.39 is 0 Å². The lowest BCUT2D eigenvalue weighted by Gasteiger charge is -2.10. The molecule has 1 aromatic carbocycles. The van der Waals surface area contributed by atoms with Crippen LogP contribution in [-0.2, 0) is 0 Å². The Morgan fingerprint density at radius 3 is 2.50 bits per heavy atom. The number of methoxy groups -OCH3 is 1. The first-order valence-electron chi connectivity index (χ1n) is 5.34. The van der Waals surface area contributed by atoms with Gasteiger partial charge < -0.3 is 10.1 Å². The van der Waals surface area contributed by atoms with Gasteiger partial charge in [-0.15, -0.1) is 0 Å². The van der Waals surface area contributed by atoms with Crippen LogP contribution in [0.4, 0.5) is 11.5 Å². The van der Waals surface area contributed by atoms with Gasteiger partial charge in [0.25, 0.3) is 0 Å². The highest BCUT2D eigenvalue weighted by Crippen LogP contribution is 2.29. The summed E-state index contributed by atoms with van der Waals surface area (Å²) < 4.78 is 7.16. The van der Waals surface area contributed by atoms with Gasteiger partial charge in [-0.05, 0) is 63.0 Å². The van der Waals surface area contributed by atoms with Gasteiger partial charge in [-0.2, -0.15) is 0 Å². The SMILES string of the molecule is COc1ccc(Br)c(Nc2ccc(Br)c(C)n2)c1. The number of nitrogens with zero attached hydrogens (tertiary/aromatic N) is 1. The molecule has 94 valence electrons. The Morgan fingerprint density at radius 1 is 1.11 bits per heavy atom. The van der Waals surface area contributed by atoms with Crippen LogP contribution in [0.3, 0.4) is 0 Å². The van der Waals surface area contributed by atoms with Crippen molar-refractivity contribution in [3.8, 4) is 5.75 Å². The van der Waals surface area contributed by atoms with Crippen molar-refractivity contribution in [3.63, 3.8) is 0 Å². The number of hydrogen-bond donors (Lipinski definition) is 1. The number of benzene rings is 1. The third-order valence-electron chi connectivity index (χ3n) is 2.46. The molecular weight excluding hydrogens is 360 g/mol. The second-order valence-corrected chi connectivity index (χ2v) is 5.44. The molecule has 1 N–H and O–H groups in total. The molecule has 18 heavy (non-hydrogen) atoms. The first-order chi connectivity index (χ1) is 8.60. The minimum atomic E-state index is 0.796. The number of rotatable bonds is 3. The lowest BCUT2D eigenvalue weighted by molar-refractivity contribution is 0.415. The Kier molecular flexibility index (Phi) is 4.24. The molecule has 2 rings (SSSR count). The smallest absolute Gasteiger partial charge is 0.130 e. The van der Waals surface area contributed by atoms with Crippen LogP contribution in [0.1, 0.15) is 5.69 Å². The van der Waals surface area contributed by atoms with Crippen LogP contribution in [0.15, 0.2) is 39.3 Å². The van der Waals surface area contributed by atoms with Gasteiger partial charge in [-0.3, -0.25) is 0 Å². The quantitative estimate of drug-likeness (QED) is 0.851. The van der Waals surface area contributed by atoms with Crippen LogP contribution in [0, 0.1) is 6.92 Å². The molecule has 0 atom stereocenters. The number of aryl methyl sites for hydroxylation is 1. The fourth-order valence-electron chi connectivity index (χ4n) is 1.48. The van der Waals surface area contributed by atoms with E-state index in [4.69, 9.17) is 4.74 Å². The summed E-state index contributed by atoms with van der Waals surface area (Å²) in [6, 6.07) is 9.65. The van der Waals surface area contributed by atoms with Gasteiger partial charge in [0, 0.05) is 15.0 Å². The molecule has 0 spiro atoms. The lowest BCUT2D eigenvalue weighted by Crippen LogP contribution is -1.96. The standard InChI is InChI=1S/C13H12Br2N2O/c1-8-10(14)5-6-13(16-8)17-12-7-9(18-2)3-4-11(12)15/h3-7H,1-2H3,(H,16,17). The Bertz CT molecular complexity index is 573. The molecule has 5 heteroatoms. The number of ether oxygens (including phenoxy) is 1. The van der Waals surface area contributed by atoms with Crippen molar-refractivity contribution in [2.75, 3.05) is 12.4 Å². The average Bonchev–Trinajstić information content (AvgIpc) is 2.36. The van der Waals surface area contributed by atoms with Crippen molar-refractivity contribution < 1.29 is 4.74 Å². The fourth-order valence-corrected chi connectivity index (χ4v) is 2.05. The maximum absolute atomic E-state index is 5.20. The first kappa shape index (κ1) is 13.4. The molecule has 0 aliphatic carbocycles. The van der Waals surface area contributed by atoms with Gasteiger partial charge >= 0.3 is 0 Å². The van der Waals surface area contributed by atoms with Crippen LogP contribution < -0.4 is 10.1 Å². The molecule has 0 bridgehead atoms. The number of aromatic nitrogens is 1. The molecule has 0 aliphatic rings. The topological polar surface area (TPSA) is 34.1 Å². The summed E-state index contributed by atoms with van der Waals surface area (Å²) in [5.41, 5.74) is 1.86. The third-order valence-corrected chi connectivity index (χ3v) is 3.99. The van der Waals surface area contributed by atoms with E-state index in [1.807, 2.05) is 37.3 Å². The van der Waals surface area contributed by atoms with E-state index in [2.05, 4.69) is 42.2 Å². The molecule has 2 aromatic rings. The van der Waals surface area contributed by atoms with Crippen molar-refractivity contribution in [2.45, 2.75) is 6.92 Å². The summed E-state index contributed by atoms with van der Waals surface area (Å²) in [4.78, 5) is 4.44. The Labute approximate surface area is 123 Å². The lowest BCUT2D eigenvalue weighted by atomic mass is 10.3. The highest BCUT2D eigenvalue weighted by atomic mass is 79.9. The van der Waals surface area contributed by atoms with Gasteiger partial charge in [-0.1, -0.05) is 0 Å². The maximum Gasteiger partial charge on any atom is 0.130 e. The van der Waals surface area contributed by atoms with Crippen molar-refractivity contribution in [3.05, 3.63) is 45.0 Å². The predicted octanol–water partition coefficient (Wildman–Crippen LogP) is 4.67. The zero-order chi connectivity index (χ0) is 13.1.